The molecule has 0 aliphatic carbocycles. The molecule has 0 aromatic carbocycles. The van der Waals surface area contributed by atoms with Gasteiger partial charge in [-0.05, 0) is 13.8 Å². The Bertz CT molecular complexity index is 1360. The number of hydrogen-bond acceptors (Lipinski definition) is 12. The molecule has 0 bridgehead atoms. The second-order valence-corrected chi connectivity index (χ2v) is 13.0. The van der Waals surface area contributed by atoms with Crippen LogP contribution in [-0.4, -0.2) is 73.6 Å². The molecule has 2 aromatic heterocycles. The molecule has 3 heterocycles. The molecule has 0 saturated carbocycles. The average Bonchev–Trinajstić information content (AvgIpc) is 3.17. The van der Waals surface area contributed by atoms with Gasteiger partial charge in [-0.25, -0.2) is 23.1 Å². The minimum absolute atomic E-state index is 0.210. The van der Waals surface area contributed by atoms with E-state index in [9.17, 15) is 37.8 Å². The number of aromatic nitrogens is 4. The third-order valence-electron chi connectivity index (χ3n) is 4.82. The lowest BCUT2D eigenvalue weighted by molar-refractivity contribution is -0.117. The zero-order valence-electron chi connectivity index (χ0n) is 18.0. The quantitative estimate of drug-likeness (QED) is 0.147. The highest BCUT2D eigenvalue weighted by atomic mass is 35.5. The highest BCUT2D eigenvalue weighted by Crippen LogP contribution is 2.67. The number of phosphoric acid groups is 3. The van der Waals surface area contributed by atoms with Crippen LogP contribution in [-0.2, 0) is 31.6 Å². The number of halogens is 2. The molecule has 204 valence electrons. The van der Waals surface area contributed by atoms with Crippen molar-refractivity contribution < 1.29 is 60.6 Å². The van der Waals surface area contributed by atoms with Gasteiger partial charge in [0.15, 0.2) is 17.4 Å². The standard InChI is InChI=1S/C13H20ClFN5O13P3/c1-12(2,31-35(26,27)33-36(28,29)32-34(23,24)25)7-6(21)13(14,3-15)10(30-7)20-4-17-5-8(20)18-11(16)19-9(5)22/h4,6-7,10,21H,3H2,1-2H3,(H,26,27)(H,28,29)(H2,23,24,25)(H3,16,18,19,22)/t6-,7-,10+,13?/m0/s1. The number of fused-ring (bicyclic) bond motifs is 1. The van der Waals surface area contributed by atoms with Crippen molar-refractivity contribution in [3.05, 3.63) is 16.7 Å². The fourth-order valence-electron chi connectivity index (χ4n) is 3.47. The largest absolute Gasteiger partial charge is 0.490 e. The zero-order chi connectivity index (χ0) is 27.5. The number of hydrogen-bond donors (Lipinski definition) is 7. The molecule has 18 nitrogen and oxygen atoms in total. The van der Waals surface area contributed by atoms with Crippen molar-refractivity contribution in [3.63, 3.8) is 0 Å². The highest BCUT2D eigenvalue weighted by molar-refractivity contribution is 7.66. The third-order valence-corrected chi connectivity index (χ3v) is 9.36. The molecule has 1 aliphatic heterocycles. The van der Waals surface area contributed by atoms with Gasteiger partial charge in [-0.2, -0.15) is 13.6 Å². The van der Waals surface area contributed by atoms with Gasteiger partial charge >= 0.3 is 23.5 Å². The maximum atomic E-state index is 14.2. The Hall–Kier alpha value is -1.30. The van der Waals surface area contributed by atoms with Crippen molar-refractivity contribution in [2.45, 2.75) is 42.8 Å². The summed E-state index contributed by atoms with van der Waals surface area (Å²) in [5.74, 6) is -0.335. The van der Waals surface area contributed by atoms with E-state index in [1.807, 2.05) is 0 Å². The molecule has 2 aromatic rings. The van der Waals surface area contributed by atoms with Crippen molar-refractivity contribution in [1.82, 2.24) is 19.5 Å². The number of H-pyrrole nitrogens is 1. The first kappa shape index (κ1) is 29.3. The maximum absolute atomic E-state index is 14.2. The first-order chi connectivity index (χ1) is 16.2. The lowest BCUT2D eigenvalue weighted by Gasteiger charge is -2.34. The predicted octanol–water partition coefficient (Wildman–Crippen LogP) is 0.0291. The molecule has 8 N–H and O–H groups in total. The van der Waals surface area contributed by atoms with Crippen LogP contribution in [0.2, 0.25) is 0 Å². The van der Waals surface area contributed by atoms with Crippen molar-refractivity contribution in [3.8, 4) is 0 Å². The van der Waals surface area contributed by atoms with Gasteiger partial charge < -0.3 is 35.2 Å². The number of alkyl halides is 2. The van der Waals surface area contributed by atoms with E-state index in [-0.39, 0.29) is 17.1 Å². The number of imidazole rings is 1. The van der Waals surface area contributed by atoms with Crippen molar-refractivity contribution in [2.75, 3.05) is 12.4 Å². The fourth-order valence-corrected chi connectivity index (χ4v) is 7.08. The van der Waals surface area contributed by atoms with Crippen molar-refractivity contribution in [2.24, 2.45) is 0 Å². The van der Waals surface area contributed by atoms with E-state index < -0.39 is 64.6 Å². The number of nitrogen functional groups attached to an aromatic ring is 1. The first-order valence-corrected chi connectivity index (χ1v) is 14.3. The Balaban J connectivity index is 1.94. The van der Waals surface area contributed by atoms with E-state index in [2.05, 4.69) is 23.6 Å². The summed E-state index contributed by atoms with van der Waals surface area (Å²) in [6.45, 7) is 0.578. The van der Waals surface area contributed by atoms with E-state index in [0.29, 0.717) is 0 Å². The summed E-state index contributed by atoms with van der Waals surface area (Å²) in [7, 11) is -17.2. The lowest BCUT2D eigenvalue weighted by atomic mass is 9.91. The van der Waals surface area contributed by atoms with Crippen molar-refractivity contribution in [1.29, 1.82) is 0 Å². The molecule has 1 aliphatic rings. The van der Waals surface area contributed by atoms with Gasteiger partial charge in [-0.1, -0.05) is 0 Å². The van der Waals surface area contributed by atoms with Crippen LogP contribution < -0.4 is 11.3 Å². The van der Waals surface area contributed by atoms with E-state index in [1.165, 1.54) is 0 Å². The first-order valence-electron chi connectivity index (χ1n) is 9.37. The minimum Gasteiger partial charge on any atom is -0.388 e. The second-order valence-electron chi connectivity index (χ2n) is 7.98. The minimum atomic E-state index is -5.84. The van der Waals surface area contributed by atoms with Gasteiger partial charge in [0.05, 0.1) is 6.33 Å². The van der Waals surface area contributed by atoms with Gasteiger partial charge in [-0.3, -0.25) is 18.9 Å². The summed E-state index contributed by atoms with van der Waals surface area (Å²) < 4.78 is 67.6. The Morgan fingerprint density at radius 1 is 1.28 bits per heavy atom. The molecule has 0 amide bonds. The SMILES string of the molecule is CC(C)(OP(=O)(O)OP(=O)(O)OP(=O)(O)O)[C@H]1O[C@@H](n2cnc3c(=O)[nH]c(N)nc32)C(Cl)(CF)[C@H]1O. The van der Waals surface area contributed by atoms with Crippen LogP contribution in [0.15, 0.2) is 11.1 Å². The summed E-state index contributed by atoms with van der Waals surface area (Å²) in [4.78, 5) is 56.1. The molecule has 23 heteroatoms. The number of nitrogens with zero attached hydrogens (tertiary/aromatic N) is 3. The summed E-state index contributed by atoms with van der Waals surface area (Å²) in [5, 5.41) is 10.8. The number of aromatic amines is 1. The molecule has 1 saturated heterocycles. The molecule has 36 heavy (non-hydrogen) atoms. The van der Waals surface area contributed by atoms with E-state index in [1.54, 1.807) is 0 Å². The number of phosphoric ester groups is 1. The number of rotatable bonds is 9. The summed E-state index contributed by atoms with van der Waals surface area (Å²) in [6, 6.07) is 0. The van der Waals surface area contributed by atoms with Crippen LogP contribution >= 0.6 is 35.1 Å². The number of anilines is 1. The van der Waals surface area contributed by atoms with Crippen LogP contribution in [0.4, 0.5) is 10.3 Å². The van der Waals surface area contributed by atoms with Crippen LogP contribution in [0.5, 0.6) is 0 Å². The maximum Gasteiger partial charge on any atom is 0.490 e. The van der Waals surface area contributed by atoms with Gasteiger partial charge in [-0.15, -0.1) is 11.6 Å². The molecule has 0 spiro atoms. The average molecular weight is 602 g/mol. The Labute approximate surface area is 204 Å². The molecule has 3 rings (SSSR count). The predicted molar refractivity (Wildman–Crippen MR) is 116 cm³/mol. The Morgan fingerprint density at radius 2 is 1.89 bits per heavy atom. The van der Waals surface area contributed by atoms with Gasteiger partial charge in [0, 0.05) is 0 Å². The molecule has 1 fully saturated rings. The number of ether oxygens (including phenoxy) is 1. The number of nitrogens with one attached hydrogen (secondary N) is 1. The van der Waals surface area contributed by atoms with Gasteiger partial charge in [0.25, 0.3) is 5.56 Å². The molecular formula is C13H20ClFN5O13P3. The number of nitrogens with two attached hydrogens (primary N) is 1. The van der Waals surface area contributed by atoms with E-state index >= 15 is 0 Å². The number of aliphatic hydroxyl groups excluding tert-OH is 1. The van der Waals surface area contributed by atoms with Crippen LogP contribution in [0.1, 0.15) is 20.1 Å². The Morgan fingerprint density at radius 3 is 2.44 bits per heavy atom. The number of aliphatic hydroxyl groups is 1. The summed E-state index contributed by atoms with van der Waals surface area (Å²) in [6.07, 6.45) is -4.44. The lowest BCUT2D eigenvalue weighted by Crippen LogP contribution is -2.50. The second kappa shape index (κ2) is 9.47. The van der Waals surface area contributed by atoms with E-state index in [0.717, 1.165) is 24.7 Å². The Kier molecular flexibility index (Phi) is 7.69. The fraction of sp³-hybridized carbons (Fsp3) is 0.615. The van der Waals surface area contributed by atoms with E-state index in [4.69, 9.17) is 36.4 Å². The monoisotopic (exact) mass is 601 g/mol. The summed E-state index contributed by atoms with van der Waals surface area (Å²) in [5.41, 5.74) is 2.16. The normalized spacial score (nSPS) is 28.8. The van der Waals surface area contributed by atoms with Crippen LogP contribution in [0.25, 0.3) is 11.2 Å². The molecular weight excluding hydrogens is 582 g/mol. The highest BCUT2D eigenvalue weighted by Gasteiger charge is 2.62. The topological polar surface area (TPSA) is 279 Å². The third kappa shape index (κ3) is 5.89. The smallest absolute Gasteiger partial charge is 0.388 e. The molecule has 6 atom stereocenters. The van der Waals surface area contributed by atoms with Crippen molar-refractivity contribution >= 4 is 52.2 Å². The summed E-state index contributed by atoms with van der Waals surface area (Å²) >= 11 is 6.34. The van der Waals surface area contributed by atoms with Gasteiger partial charge in [0.1, 0.15) is 29.4 Å². The van der Waals surface area contributed by atoms with Crippen LogP contribution in [0.3, 0.4) is 0 Å². The molecule has 3 unspecified atom stereocenters. The zero-order valence-corrected chi connectivity index (χ0v) is 21.5. The molecule has 0 radical (unpaired) electrons. The van der Waals surface area contributed by atoms with Crippen LogP contribution in [0, 0.1) is 0 Å². The van der Waals surface area contributed by atoms with Gasteiger partial charge in [0.2, 0.25) is 5.95 Å².